The Morgan fingerprint density at radius 3 is 2.21 bits per heavy atom. The van der Waals surface area contributed by atoms with Gasteiger partial charge in [-0.05, 0) is 36.2 Å². The molecule has 14 heavy (non-hydrogen) atoms. The van der Waals surface area contributed by atoms with Gasteiger partial charge in [-0.25, -0.2) is 0 Å². The Morgan fingerprint density at radius 2 is 1.64 bits per heavy atom. The molecule has 2 heteroatoms. The molecule has 1 heterocycles. The van der Waals surface area contributed by atoms with Crippen LogP contribution < -0.4 is 0 Å². The highest BCUT2D eigenvalue weighted by atomic mass is 16.2. The van der Waals surface area contributed by atoms with Crippen LogP contribution in [-0.2, 0) is 6.42 Å². The largest absolute Gasteiger partial charge is 0.396 e. The number of aliphatic hydroxyl groups excluding tert-OH is 1. The number of rotatable bonds is 3. The third kappa shape index (κ3) is 1.86. The molecule has 0 unspecified atom stereocenters. The highest BCUT2D eigenvalue weighted by Gasteiger charge is 1.94. The Bertz CT molecular complexity index is 375. The molecule has 0 atom stereocenters. The fourth-order valence-electron chi connectivity index (χ4n) is 1.47. The molecule has 0 fully saturated rings. The highest BCUT2D eigenvalue weighted by molar-refractivity contribution is 5.35. The zero-order valence-corrected chi connectivity index (χ0v) is 7.93. The fourth-order valence-corrected chi connectivity index (χ4v) is 1.47. The second-order valence-corrected chi connectivity index (χ2v) is 3.23. The van der Waals surface area contributed by atoms with Crippen molar-refractivity contribution in [3.05, 3.63) is 54.4 Å². The van der Waals surface area contributed by atoms with Crippen LogP contribution in [0.4, 0.5) is 0 Å². The molecular formula is C12H13NO. The van der Waals surface area contributed by atoms with Crippen molar-refractivity contribution < 1.29 is 5.11 Å². The van der Waals surface area contributed by atoms with Gasteiger partial charge in [-0.1, -0.05) is 12.1 Å². The van der Waals surface area contributed by atoms with Gasteiger partial charge in [-0.15, -0.1) is 0 Å². The molecule has 0 radical (unpaired) electrons. The lowest BCUT2D eigenvalue weighted by atomic mass is 10.1. The van der Waals surface area contributed by atoms with Crippen molar-refractivity contribution in [3.63, 3.8) is 0 Å². The van der Waals surface area contributed by atoms with Crippen LogP contribution in [0.15, 0.2) is 48.8 Å². The Hall–Kier alpha value is -1.54. The smallest absolute Gasteiger partial charge is 0.0471 e. The molecule has 0 saturated heterocycles. The molecule has 0 amide bonds. The number of hydrogen-bond acceptors (Lipinski definition) is 1. The first kappa shape index (κ1) is 9.03. The first-order valence-corrected chi connectivity index (χ1v) is 4.73. The summed E-state index contributed by atoms with van der Waals surface area (Å²) >= 11 is 0. The molecule has 0 aliphatic carbocycles. The quantitative estimate of drug-likeness (QED) is 0.781. The summed E-state index contributed by atoms with van der Waals surface area (Å²) in [5.74, 6) is 0. The van der Waals surface area contributed by atoms with Gasteiger partial charge in [0, 0.05) is 24.7 Å². The maximum atomic E-state index is 8.77. The summed E-state index contributed by atoms with van der Waals surface area (Å²) in [7, 11) is 0. The van der Waals surface area contributed by atoms with Crippen molar-refractivity contribution in [2.24, 2.45) is 0 Å². The summed E-state index contributed by atoms with van der Waals surface area (Å²) in [6.45, 7) is 0.211. The molecule has 0 bridgehead atoms. The van der Waals surface area contributed by atoms with Gasteiger partial charge in [0.05, 0.1) is 0 Å². The number of aliphatic hydroxyl groups is 1. The molecule has 2 nitrogen and oxygen atoms in total. The minimum Gasteiger partial charge on any atom is -0.396 e. The van der Waals surface area contributed by atoms with Crippen molar-refractivity contribution in [1.82, 2.24) is 4.57 Å². The first-order chi connectivity index (χ1) is 6.90. The van der Waals surface area contributed by atoms with Gasteiger partial charge in [0.2, 0.25) is 0 Å². The lowest BCUT2D eigenvalue weighted by Gasteiger charge is -2.03. The number of hydrogen-bond donors (Lipinski definition) is 1. The molecule has 0 aliphatic rings. The topological polar surface area (TPSA) is 25.2 Å². The lowest BCUT2D eigenvalue weighted by Crippen LogP contribution is -1.93. The average molecular weight is 187 g/mol. The van der Waals surface area contributed by atoms with E-state index in [-0.39, 0.29) is 6.61 Å². The van der Waals surface area contributed by atoms with Gasteiger partial charge in [0.25, 0.3) is 0 Å². The summed E-state index contributed by atoms with van der Waals surface area (Å²) in [5, 5.41) is 8.77. The predicted octanol–water partition coefficient (Wildman–Crippen LogP) is 2.01. The maximum Gasteiger partial charge on any atom is 0.0471 e. The van der Waals surface area contributed by atoms with Crippen LogP contribution in [0.1, 0.15) is 5.56 Å². The maximum absolute atomic E-state index is 8.77. The Morgan fingerprint density at radius 1 is 1.00 bits per heavy atom. The molecule has 1 N–H and O–H groups in total. The van der Waals surface area contributed by atoms with Gasteiger partial charge < -0.3 is 9.67 Å². The molecule has 2 aromatic rings. The van der Waals surface area contributed by atoms with E-state index in [2.05, 4.69) is 16.7 Å². The average Bonchev–Trinajstić information content (AvgIpc) is 2.72. The summed E-state index contributed by atoms with van der Waals surface area (Å²) in [6.07, 6.45) is 4.76. The summed E-state index contributed by atoms with van der Waals surface area (Å²) in [5.41, 5.74) is 2.32. The van der Waals surface area contributed by atoms with Gasteiger partial charge >= 0.3 is 0 Å². The second-order valence-electron chi connectivity index (χ2n) is 3.23. The van der Waals surface area contributed by atoms with Crippen LogP contribution in [0.2, 0.25) is 0 Å². The van der Waals surface area contributed by atoms with E-state index in [1.54, 1.807) is 0 Å². The van der Waals surface area contributed by atoms with Crippen LogP contribution in [-0.4, -0.2) is 16.3 Å². The van der Waals surface area contributed by atoms with E-state index in [1.165, 1.54) is 5.56 Å². The van der Waals surface area contributed by atoms with Crippen molar-refractivity contribution in [2.75, 3.05) is 6.61 Å². The standard InChI is InChI=1S/C12H13NO/c14-10-7-11-3-5-12(6-4-11)13-8-1-2-9-13/h1-6,8-9,14H,7,10H2. The van der Waals surface area contributed by atoms with E-state index in [1.807, 2.05) is 36.7 Å². The van der Waals surface area contributed by atoms with Gasteiger partial charge in [0.1, 0.15) is 0 Å². The monoisotopic (exact) mass is 187 g/mol. The van der Waals surface area contributed by atoms with E-state index in [4.69, 9.17) is 5.11 Å². The molecule has 1 aromatic heterocycles. The normalized spacial score (nSPS) is 10.4. The molecular weight excluding hydrogens is 174 g/mol. The van der Waals surface area contributed by atoms with Crippen LogP contribution >= 0.6 is 0 Å². The van der Waals surface area contributed by atoms with E-state index in [0.29, 0.717) is 0 Å². The number of benzene rings is 1. The number of aromatic nitrogens is 1. The minimum absolute atomic E-state index is 0.211. The lowest BCUT2D eigenvalue weighted by molar-refractivity contribution is 0.299. The molecule has 1 aromatic carbocycles. The van der Waals surface area contributed by atoms with Crippen molar-refractivity contribution in [1.29, 1.82) is 0 Å². The fraction of sp³-hybridized carbons (Fsp3) is 0.167. The molecule has 0 spiro atoms. The predicted molar refractivity (Wildman–Crippen MR) is 56.6 cm³/mol. The van der Waals surface area contributed by atoms with Crippen LogP contribution in [0.5, 0.6) is 0 Å². The van der Waals surface area contributed by atoms with Gasteiger partial charge in [-0.3, -0.25) is 0 Å². The summed E-state index contributed by atoms with van der Waals surface area (Å²) < 4.78 is 2.06. The Balaban J connectivity index is 2.22. The van der Waals surface area contributed by atoms with Crippen LogP contribution in [0.3, 0.4) is 0 Å². The zero-order valence-electron chi connectivity index (χ0n) is 7.93. The summed E-state index contributed by atoms with van der Waals surface area (Å²) in [6, 6.07) is 12.2. The van der Waals surface area contributed by atoms with E-state index < -0.39 is 0 Å². The van der Waals surface area contributed by atoms with Crippen molar-refractivity contribution in [3.8, 4) is 5.69 Å². The van der Waals surface area contributed by atoms with E-state index in [9.17, 15) is 0 Å². The van der Waals surface area contributed by atoms with E-state index >= 15 is 0 Å². The molecule has 2 rings (SSSR count). The minimum atomic E-state index is 0.211. The Labute approximate surface area is 83.4 Å². The molecule has 0 saturated carbocycles. The second kappa shape index (κ2) is 4.11. The van der Waals surface area contributed by atoms with Gasteiger partial charge in [0.15, 0.2) is 0 Å². The van der Waals surface area contributed by atoms with Gasteiger partial charge in [-0.2, -0.15) is 0 Å². The SMILES string of the molecule is OCCc1ccc(-n2cccc2)cc1. The molecule has 0 aliphatic heterocycles. The zero-order chi connectivity index (χ0) is 9.80. The van der Waals surface area contributed by atoms with Crippen LogP contribution in [0, 0.1) is 0 Å². The number of nitrogens with zero attached hydrogens (tertiary/aromatic N) is 1. The summed E-state index contributed by atoms with van der Waals surface area (Å²) in [4.78, 5) is 0. The van der Waals surface area contributed by atoms with E-state index in [0.717, 1.165) is 12.1 Å². The first-order valence-electron chi connectivity index (χ1n) is 4.73. The van der Waals surface area contributed by atoms with Crippen molar-refractivity contribution in [2.45, 2.75) is 6.42 Å². The van der Waals surface area contributed by atoms with Crippen molar-refractivity contribution >= 4 is 0 Å². The highest BCUT2D eigenvalue weighted by Crippen LogP contribution is 2.10. The molecule has 72 valence electrons. The third-order valence-corrected chi connectivity index (χ3v) is 2.24. The van der Waals surface area contributed by atoms with Crippen LogP contribution in [0.25, 0.3) is 5.69 Å². The third-order valence-electron chi connectivity index (χ3n) is 2.24. The Kier molecular flexibility index (Phi) is 2.65.